The van der Waals surface area contributed by atoms with E-state index in [-0.39, 0.29) is 18.9 Å². The van der Waals surface area contributed by atoms with Crippen LogP contribution in [-0.4, -0.2) is 40.6 Å². The topological polar surface area (TPSA) is 83.6 Å². The van der Waals surface area contributed by atoms with E-state index in [0.717, 1.165) is 0 Å². The summed E-state index contributed by atoms with van der Waals surface area (Å²) in [5.74, 6) is -0.749. The van der Waals surface area contributed by atoms with Crippen LogP contribution in [-0.2, 0) is 4.79 Å². The van der Waals surface area contributed by atoms with Gasteiger partial charge < -0.3 is 14.5 Å². The summed E-state index contributed by atoms with van der Waals surface area (Å²) in [5, 5.41) is 12.2. The molecular weight excluding hydrogens is 212 g/mol. The molecule has 0 aliphatic heterocycles. The second kappa shape index (κ2) is 4.78. The molecule has 1 aromatic rings. The zero-order valence-electron chi connectivity index (χ0n) is 9.48. The highest BCUT2D eigenvalue weighted by atomic mass is 16.5. The predicted octanol–water partition coefficient (Wildman–Crippen LogP) is 0.838. The van der Waals surface area contributed by atoms with Crippen LogP contribution in [0.4, 0.5) is 0 Å². The molecule has 1 amide bonds. The van der Waals surface area contributed by atoms with Gasteiger partial charge in [-0.2, -0.15) is 0 Å². The van der Waals surface area contributed by atoms with Crippen LogP contribution in [0.25, 0.3) is 0 Å². The lowest BCUT2D eigenvalue weighted by Crippen LogP contribution is -2.29. The molecule has 0 aliphatic carbocycles. The highest BCUT2D eigenvalue weighted by molar-refractivity contribution is 5.96. The van der Waals surface area contributed by atoms with Crippen molar-refractivity contribution in [3.05, 3.63) is 17.0 Å². The Labute approximate surface area is 92.8 Å². The van der Waals surface area contributed by atoms with E-state index in [1.54, 1.807) is 20.9 Å². The number of carbonyl (C=O) groups excluding carboxylic acids is 1. The molecule has 1 aromatic heterocycles. The SMILES string of the molecule is Cc1noc(C)c1C(=O)N(C)CCC(=O)O. The largest absolute Gasteiger partial charge is 0.481 e. The lowest BCUT2D eigenvalue weighted by atomic mass is 10.2. The van der Waals surface area contributed by atoms with Crippen molar-refractivity contribution in [2.75, 3.05) is 13.6 Å². The van der Waals surface area contributed by atoms with Crippen molar-refractivity contribution in [1.29, 1.82) is 0 Å². The number of aromatic nitrogens is 1. The molecule has 6 heteroatoms. The first kappa shape index (κ1) is 12.2. The highest BCUT2D eigenvalue weighted by Crippen LogP contribution is 2.14. The highest BCUT2D eigenvalue weighted by Gasteiger charge is 2.21. The standard InChI is InChI=1S/C10H14N2O4/c1-6-9(7(2)16-11-6)10(15)12(3)5-4-8(13)14/h4-5H2,1-3H3,(H,13,14). The van der Waals surface area contributed by atoms with E-state index in [2.05, 4.69) is 5.16 Å². The molecule has 0 saturated heterocycles. The molecule has 0 unspecified atom stereocenters. The van der Waals surface area contributed by atoms with Gasteiger partial charge in [0.1, 0.15) is 11.3 Å². The molecule has 0 aromatic carbocycles. The molecular formula is C10H14N2O4. The molecule has 16 heavy (non-hydrogen) atoms. The van der Waals surface area contributed by atoms with Gasteiger partial charge in [-0.3, -0.25) is 9.59 Å². The van der Waals surface area contributed by atoms with Gasteiger partial charge >= 0.3 is 5.97 Å². The maximum Gasteiger partial charge on any atom is 0.305 e. The average Bonchev–Trinajstić information content (AvgIpc) is 2.54. The van der Waals surface area contributed by atoms with Gasteiger partial charge in [-0.05, 0) is 13.8 Å². The monoisotopic (exact) mass is 226 g/mol. The first-order valence-corrected chi connectivity index (χ1v) is 4.83. The van der Waals surface area contributed by atoms with E-state index in [4.69, 9.17) is 9.63 Å². The van der Waals surface area contributed by atoms with Crippen LogP contribution < -0.4 is 0 Å². The summed E-state index contributed by atoms with van der Waals surface area (Å²) >= 11 is 0. The Hall–Kier alpha value is -1.85. The van der Waals surface area contributed by atoms with E-state index < -0.39 is 5.97 Å². The smallest absolute Gasteiger partial charge is 0.305 e. The molecule has 1 N–H and O–H groups in total. The van der Waals surface area contributed by atoms with E-state index in [1.807, 2.05) is 0 Å². The van der Waals surface area contributed by atoms with Crippen LogP contribution in [0.5, 0.6) is 0 Å². The van der Waals surface area contributed by atoms with Gasteiger partial charge in [0.05, 0.1) is 12.1 Å². The number of carboxylic acids is 1. The molecule has 6 nitrogen and oxygen atoms in total. The maximum absolute atomic E-state index is 11.9. The Morgan fingerprint density at radius 3 is 2.50 bits per heavy atom. The van der Waals surface area contributed by atoms with Crippen molar-refractivity contribution in [3.63, 3.8) is 0 Å². The number of carboxylic acid groups (broad SMARTS) is 1. The lowest BCUT2D eigenvalue weighted by molar-refractivity contribution is -0.137. The van der Waals surface area contributed by atoms with Gasteiger partial charge in [-0.15, -0.1) is 0 Å². The summed E-state index contributed by atoms with van der Waals surface area (Å²) in [5.41, 5.74) is 0.928. The number of aryl methyl sites for hydroxylation is 2. The van der Waals surface area contributed by atoms with Crippen LogP contribution in [0, 0.1) is 13.8 Å². The minimum absolute atomic E-state index is 0.0778. The number of amides is 1. The molecule has 1 heterocycles. The fourth-order valence-corrected chi connectivity index (χ4v) is 1.34. The Morgan fingerprint density at radius 2 is 2.06 bits per heavy atom. The third-order valence-electron chi connectivity index (χ3n) is 2.26. The average molecular weight is 226 g/mol. The normalized spacial score (nSPS) is 10.2. The van der Waals surface area contributed by atoms with Gasteiger partial charge in [0.25, 0.3) is 5.91 Å². The summed E-state index contributed by atoms with van der Waals surface area (Å²) in [4.78, 5) is 23.6. The van der Waals surface area contributed by atoms with Crippen molar-refractivity contribution in [1.82, 2.24) is 10.1 Å². The molecule has 1 rings (SSSR count). The minimum atomic E-state index is -0.932. The molecule has 0 aliphatic rings. The Kier molecular flexibility index (Phi) is 3.65. The van der Waals surface area contributed by atoms with Crippen molar-refractivity contribution >= 4 is 11.9 Å². The molecule has 0 bridgehead atoms. The summed E-state index contributed by atoms with van der Waals surface area (Å²) in [6.45, 7) is 3.49. The Morgan fingerprint density at radius 1 is 1.44 bits per heavy atom. The van der Waals surface area contributed by atoms with Gasteiger partial charge in [0.2, 0.25) is 0 Å². The predicted molar refractivity (Wildman–Crippen MR) is 55.2 cm³/mol. The van der Waals surface area contributed by atoms with E-state index in [9.17, 15) is 9.59 Å². The summed E-state index contributed by atoms with van der Waals surface area (Å²) in [6.07, 6.45) is -0.0778. The van der Waals surface area contributed by atoms with Crippen molar-refractivity contribution in [3.8, 4) is 0 Å². The zero-order chi connectivity index (χ0) is 12.3. The van der Waals surface area contributed by atoms with Crippen molar-refractivity contribution in [2.45, 2.75) is 20.3 Å². The minimum Gasteiger partial charge on any atom is -0.481 e. The van der Waals surface area contributed by atoms with E-state index >= 15 is 0 Å². The number of hydrogen-bond acceptors (Lipinski definition) is 4. The molecule has 88 valence electrons. The third-order valence-corrected chi connectivity index (χ3v) is 2.26. The first-order chi connectivity index (χ1) is 7.43. The van der Waals surface area contributed by atoms with Gasteiger partial charge in [-0.25, -0.2) is 0 Å². The fraction of sp³-hybridized carbons (Fsp3) is 0.500. The second-order valence-corrected chi connectivity index (χ2v) is 3.57. The molecule has 0 fully saturated rings. The van der Waals surface area contributed by atoms with Gasteiger partial charge in [0.15, 0.2) is 0 Å². The Balaban J connectivity index is 2.74. The van der Waals surface area contributed by atoms with Crippen LogP contribution in [0.1, 0.15) is 28.2 Å². The number of rotatable bonds is 4. The first-order valence-electron chi connectivity index (χ1n) is 4.83. The number of carbonyl (C=O) groups is 2. The summed E-state index contributed by atoms with van der Waals surface area (Å²) in [6, 6.07) is 0. The molecule has 0 spiro atoms. The molecule has 0 saturated carbocycles. The second-order valence-electron chi connectivity index (χ2n) is 3.57. The summed E-state index contributed by atoms with van der Waals surface area (Å²) in [7, 11) is 1.55. The van der Waals surface area contributed by atoms with Crippen LogP contribution >= 0.6 is 0 Å². The quantitative estimate of drug-likeness (QED) is 0.822. The number of nitrogens with zero attached hydrogens (tertiary/aromatic N) is 2. The van der Waals surface area contributed by atoms with Crippen LogP contribution in [0.15, 0.2) is 4.52 Å². The van der Waals surface area contributed by atoms with Crippen LogP contribution in [0.3, 0.4) is 0 Å². The molecule has 0 atom stereocenters. The maximum atomic E-state index is 11.9. The zero-order valence-corrected chi connectivity index (χ0v) is 9.48. The third kappa shape index (κ3) is 2.59. The molecule has 0 radical (unpaired) electrons. The number of aliphatic carboxylic acids is 1. The van der Waals surface area contributed by atoms with E-state index in [1.165, 1.54) is 4.90 Å². The fourth-order valence-electron chi connectivity index (χ4n) is 1.34. The van der Waals surface area contributed by atoms with Crippen molar-refractivity contribution < 1.29 is 19.2 Å². The van der Waals surface area contributed by atoms with Gasteiger partial charge in [0, 0.05) is 13.6 Å². The van der Waals surface area contributed by atoms with Crippen LogP contribution in [0.2, 0.25) is 0 Å². The lowest BCUT2D eigenvalue weighted by Gasteiger charge is -2.15. The number of hydrogen-bond donors (Lipinski definition) is 1. The van der Waals surface area contributed by atoms with Gasteiger partial charge in [-0.1, -0.05) is 5.16 Å². The van der Waals surface area contributed by atoms with E-state index in [0.29, 0.717) is 17.0 Å². The summed E-state index contributed by atoms with van der Waals surface area (Å²) < 4.78 is 4.88. The Bertz CT molecular complexity index is 391. The van der Waals surface area contributed by atoms with Crippen molar-refractivity contribution in [2.24, 2.45) is 0 Å².